The van der Waals surface area contributed by atoms with Crippen molar-refractivity contribution in [2.75, 3.05) is 7.05 Å². The molecule has 0 aromatic carbocycles. The molecule has 1 aromatic rings. The van der Waals surface area contributed by atoms with Crippen molar-refractivity contribution < 1.29 is 4.79 Å². The first kappa shape index (κ1) is 12.6. The number of amides is 1. The average molecular weight is 262 g/mol. The highest BCUT2D eigenvalue weighted by atomic mass is 16.2. The molecule has 1 aliphatic carbocycles. The first-order valence-electron chi connectivity index (χ1n) is 7.41. The van der Waals surface area contributed by atoms with E-state index in [1.165, 1.54) is 25.7 Å². The normalized spacial score (nSPS) is 19.4. The molecule has 1 fully saturated rings. The minimum absolute atomic E-state index is 0.261. The molecule has 5 heteroatoms. The fourth-order valence-electron chi connectivity index (χ4n) is 2.92. The van der Waals surface area contributed by atoms with Crippen LogP contribution in [0.5, 0.6) is 0 Å². The van der Waals surface area contributed by atoms with Gasteiger partial charge in [0, 0.05) is 25.9 Å². The predicted molar refractivity (Wildman–Crippen MR) is 71.4 cm³/mol. The van der Waals surface area contributed by atoms with E-state index in [-0.39, 0.29) is 11.8 Å². The summed E-state index contributed by atoms with van der Waals surface area (Å²) < 4.78 is 2.22. The van der Waals surface area contributed by atoms with E-state index in [9.17, 15) is 4.79 Å². The summed E-state index contributed by atoms with van der Waals surface area (Å²) in [6.07, 6.45) is 7.99. The van der Waals surface area contributed by atoms with Crippen molar-refractivity contribution in [1.82, 2.24) is 19.7 Å². The van der Waals surface area contributed by atoms with Crippen molar-refractivity contribution in [3.63, 3.8) is 0 Å². The van der Waals surface area contributed by atoms with E-state index in [2.05, 4.69) is 14.8 Å². The molecule has 1 aliphatic heterocycles. The molecule has 5 nitrogen and oxygen atoms in total. The van der Waals surface area contributed by atoms with Crippen molar-refractivity contribution >= 4 is 5.91 Å². The highest BCUT2D eigenvalue weighted by Crippen LogP contribution is 2.28. The zero-order valence-corrected chi connectivity index (χ0v) is 11.6. The summed E-state index contributed by atoms with van der Waals surface area (Å²) in [5, 5.41) is 8.57. The molecule has 2 aliphatic rings. The van der Waals surface area contributed by atoms with E-state index < -0.39 is 0 Å². The predicted octanol–water partition coefficient (Wildman–Crippen LogP) is 1.76. The van der Waals surface area contributed by atoms with Gasteiger partial charge in [0.2, 0.25) is 5.91 Å². The molecule has 19 heavy (non-hydrogen) atoms. The zero-order valence-electron chi connectivity index (χ0n) is 11.6. The van der Waals surface area contributed by atoms with Crippen LogP contribution in [0.2, 0.25) is 0 Å². The number of carbonyl (C=O) groups excluding carboxylic acids is 1. The first-order chi connectivity index (χ1) is 9.25. The molecule has 1 saturated carbocycles. The second-order valence-corrected chi connectivity index (χ2v) is 5.82. The lowest BCUT2D eigenvalue weighted by atomic mass is 9.84. The molecular weight excluding hydrogens is 240 g/mol. The van der Waals surface area contributed by atoms with Gasteiger partial charge in [-0.25, -0.2) is 0 Å². The number of aryl methyl sites for hydroxylation is 1. The fraction of sp³-hybridized carbons (Fsp3) is 0.786. The lowest BCUT2D eigenvalue weighted by molar-refractivity contribution is -0.137. The van der Waals surface area contributed by atoms with Crippen molar-refractivity contribution in [1.29, 1.82) is 0 Å². The summed E-state index contributed by atoms with van der Waals surface area (Å²) in [6.45, 7) is 1.60. The zero-order chi connectivity index (χ0) is 13.2. The SMILES string of the molecule is CN(Cc1nnc2n1CCCCC2)C(=O)C1CCC1. The van der Waals surface area contributed by atoms with Crippen LogP contribution in [0.15, 0.2) is 0 Å². The summed E-state index contributed by atoms with van der Waals surface area (Å²) in [5.41, 5.74) is 0. The molecule has 0 bridgehead atoms. The third kappa shape index (κ3) is 2.51. The molecule has 0 unspecified atom stereocenters. The van der Waals surface area contributed by atoms with Gasteiger partial charge in [-0.2, -0.15) is 0 Å². The van der Waals surface area contributed by atoms with Crippen molar-refractivity contribution in [2.45, 2.75) is 58.0 Å². The largest absolute Gasteiger partial charge is 0.338 e. The van der Waals surface area contributed by atoms with Crippen LogP contribution in [0.3, 0.4) is 0 Å². The number of fused-ring (bicyclic) bond motifs is 1. The average Bonchev–Trinajstić information content (AvgIpc) is 2.58. The summed E-state index contributed by atoms with van der Waals surface area (Å²) in [4.78, 5) is 14.0. The van der Waals surface area contributed by atoms with Crippen LogP contribution >= 0.6 is 0 Å². The van der Waals surface area contributed by atoms with Gasteiger partial charge >= 0.3 is 0 Å². The number of rotatable bonds is 3. The van der Waals surface area contributed by atoms with Gasteiger partial charge in [-0.15, -0.1) is 10.2 Å². The maximum Gasteiger partial charge on any atom is 0.225 e. The monoisotopic (exact) mass is 262 g/mol. The second-order valence-electron chi connectivity index (χ2n) is 5.82. The Morgan fingerprint density at radius 3 is 2.84 bits per heavy atom. The van der Waals surface area contributed by atoms with Crippen molar-refractivity contribution in [2.24, 2.45) is 5.92 Å². The number of nitrogens with zero attached hydrogens (tertiary/aromatic N) is 4. The first-order valence-corrected chi connectivity index (χ1v) is 7.41. The van der Waals surface area contributed by atoms with Crippen LogP contribution in [0.1, 0.15) is 50.2 Å². The molecule has 0 saturated heterocycles. The summed E-state index contributed by atoms with van der Waals surface area (Å²) in [7, 11) is 1.89. The van der Waals surface area contributed by atoms with Gasteiger partial charge < -0.3 is 9.47 Å². The summed E-state index contributed by atoms with van der Waals surface area (Å²) in [5.74, 6) is 2.58. The van der Waals surface area contributed by atoms with E-state index in [1.54, 1.807) is 0 Å². The molecule has 0 radical (unpaired) electrons. The Balaban J connectivity index is 1.69. The molecule has 0 N–H and O–H groups in total. The van der Waals surface area contributed by atoms with Crippen LogP contribution in [0, 0.1) is 5.92 Å². The van der Waals surface area contributed by atoms with Crippen LogP contribution in [0.25, 0.3) is 0 Å². The van der Waals surface area contributed by atoms with E-state index in [4.69, 9.17) is 0 Å². The minimum Gasteiger partial charge on any atom is -0.338 e. The third-order valence-electron chi connectivity index (χ3n) is 4.40. The lowest BCUT2D eigenvalue weighted by Crippen LogP contribution is -2.36. The highest BCUT2D eigenvalue weighted by Gasteiger charge is 2.28. The summed E-state index contributed by atoms with van der Waals surface area (Å²) in [6, 6.07) is 0. The van der Waals surface area contributed by atoms with Gasteiger partial charge in [0.1, 0.15) is 5.82 Å². The number of hydrogen-bond acceptors (Lipinski definition) is 3. The summed E-state index contributed by atoms with van der Waals surface area (Å²) >= 11 is 0. The molecule has 104 valence electrons. The van der Waals surface area contributed by atoms with E-state index >= 15 is 0 Å². The van der Waals surface area contributed by atoms with Gasteiger partial charge in [-0.3, -0.25) is 4.79 Å². The Morgan fingerprint density at radius 1 is 1.26 bits per heavy atom. The van der Waals surface area contributed by atoms with Crippen molar-refractivity contribution in [3.8, 4) is 0 Å². The van der Waals surface area contributed by atoms with E-state index in [1.807, 2.05) is 11.9 Å². The minimum atomic E-state index is 0.261. The topological polar surface area (TPSA) is 51.0 Å². The maximum absolute atomic E-state index is 12.2. The lowest BCUT2D eigenvalue weighted by Gasteiger charge is -2.29. The van der Waals surface area contributed by atoms with Crippen molar-refractivity contribution in [3.05, 3.63) is 11.6 Å². The number of hydrogen-bond donors (Lipinski definition) is 0. The fourth-order valence-corrected chi connectivity index (χ4v) is 2.92. The van der Waals surface area contributed by atoms with E-state index in [0.29, 0.717) is 6.54 Å². The molecule has 1 amide bonds. The smallest absolute Gasteiger partial charge is 0.225 e. The number of aromatic nitrogens is 3. The van der Waals surface area contributed by atoms with Crippen LogP contribution < -0.4 is 0 Å². The molecule has 1 aromatic heterocycles. The third-order valence-corrected chi connectivity index (χ3v) is 4.40. The van der Waals surface area contributed by atoms with Crippen LogP contribution in [0.4, 0.5) is 0 Å². The highest BCUT2D eigenvalue weighted by molar-refractivity contribution is 5.79. The van der Waals surface area contributed by atoms with Gasteiger partial charge in [0.25, 0.3) is 0 Å². The molecule has 0 atom stereocenters. The van der Waals surface area contributed by atoms with Crippen LogP contribution in [-0.4, -0.2) is 32.6 Å². The van der Waals surface area contributed by atoms with Gasteiger partial charge in [-0.1, -0.05) is 12.8 Å². The Bertz CT molecular complexity index is 464. The van der Waals surface area contributed by atoms with Gasteiger partial charge in [0.05, 0.1) is 6.54 Å². The Hall–Kier alpha value is -1.39. The van der Waals surface area contributed by atoms with Gasteiger partial charge in [0.15, 0.2) is 5.82 Å². The number of carbonyl (C=O) groups is 1. The Labute approximate surface area is 114 Å². The standard InChI is InChI=1S/C14H22N4O/c1-17(14(19)11-6-5-7-11)10-13-16-15-12-8-3-2-4-9-18(12)13/h11H,2-10H2,1H3. The molecule has 3 rings (SSSR count). The van der Waals surface area contributed by atoms with Crippen LogP contribution in [-0.2, 0) is 24.3 Å². The molecule has 2 heterocycles. The molecular formula is C14H22N4O. The second kappa shape index (κ2) is 5.31. The quantitative estimate of drug-likeness (QED) is 0.834. The Morgan fingerprint density at radius 2 is 2.11 bits per heavy atom. The maximum atomic E-state index is 12.2. The van der Waals surface area contributed by atoms with Gasteiger partial charge in [-0.05, 0) is 25.7 Å². The Kier molecular flexibility index (Phi) is 3.53. The molecule has 0 spiro atoms. The van der Waals surface area contributed by atoms with E-state index in [0.717, 1.165) is 37.5 Å².